The average molecular weight is 510 g/mol. The van der Waals surface area contributed by atoms with Crippen molar-refractivity contribution in [3.63, 3.8) is 0 Å². The van der Waals surface area contributed by atoms with Crippen LogP contribution >= 0.6 is 0 Å². The van der Waals surface area contributed by atoms with Crippen molar-refractivity contribution >= 4 is 35.8 Å². The Morgan fingerprint density at radius 2 is 0.973 bits per heavy atom. The third kappa shape index (κ3) is 6.88. The van der Waals surface area contributed by atoms with Gasteiger partial charge in [0.2, 0.25) is 23.6 Å². The van der Waals surface area contributed by atoms with Crippen molar-refractivity contribution in [3.8, 4) is 11.5 Å². The van der Waals surface area contributed by atoms with Crippen molar-refractivity contribution < 1.29 is 42.5 Å². The van der Waals surface area contributed by atoms with Crippen LogP contribution in [0.3, 0.4) is 0 Å². The number of ether oxygens (including phenoxy) is 4. The summed E-state index contributed by atoms with van der Waals surface area (Å²) in [6, 6.07) is 16.2. The highest BCUT2D eigenvalue weighted by Gasteiger charge is 2.30. The van der Waals surface area contributed by atoms with Crippen LogP contribution in [0.1, 0.15) is 25.0 Å². The highest BCUT2D eigenvalue weighted by atomic mass is 16.6. The summed E-state index contributed by atoms with van der Waals surface area (Å²) in [7, 11) is 3.07. The molecule has 11 heteroatoms. The molecule has 37 heavy (non-hydrogen) atoms. The third-order valence-electron chi connectivity index (χ3n) is 5.06. The molecule has 0 bridgehead atoms. The van der Waals surface area contributed by atoms with Gasteiger partial charge < -0.3 is 23.4 Å². The topological polar surface area (TPSA) is 125 Å². The number of furan rings is 1. The number of imide groups is 2. The molecule has 0 N–H and O–H groups in total. The maximum atomic E-state index is 12.7. The molecule has 1 aromatic heterocycles. The van der Waals surface area contributed by atoms with Gasteiger partial charge in [-0.15, -0.1) is 0 Å². The molecule has 0 saturated heterocycles. The van der Waals surface area contributed by atoms with Gasteiger partial charge in [-0.3, -0.25) is 9.59 Å². The molecule has 0 spiro atoms. The molecule has 0 aliphatic carbocycles. The number of carbonyl (C=O) groups is 4. The predicted octanol–water partition coefficient (Wildman–Crippen LogP) is 4.68. The summed E-state index contributed by atoms with van der Waals surface area (Å²) in [5.74, 6) is -0.593. The van der Waals surface area contributed by atoms with Gasteiger partial charge in [-0.2, -0.15) is 9.80 Å². The van der Waals surface area contributed by atoms with E-state index in [2.05, 4.69) is 0 Å². The van der Waals surface area contributed by atoms with E-state index in [-0.39, 0.29) is 25.0 Å². The van der Waals surface area contributed by atoms with E-state index in [4.69, 9.17) is 23.4 Å². The molecule has 0 aliphatic rings. The Bertz CT molecular complexity index is 1150. The van der Waals surface area contributed by atoms with E-state index in [1.165, 1.54) is 26.4 Å². The molecule has 0 radical (unpaired) electrons. The smallest absolute Gasteiger partial charge is 0.424 e. The predicted molar refractivity (Wildman–Crippen MR) is 131 cm³/mol. The lowest BCUT2D eigenvalue weighted by atomic mass is 10.2. The summed E-state index contributed by atoms with van der Waals surface area (Å²) in [5, 5.41) is 0. The minimum absolute atomic E-state index is 0.114. The lowest BCUT2D eigenvalue weighted by Gasteiger charge is -2.18. The molecule has 4 amide bonds. The van der Waals surface area contributed by atoms with E-state index in [0.717, 1.165) is 13.8 Å². The van der Waals surface area contributed by atoms with Crippen molar-refractivity contribution in [2.75, 3.05) is 24.0 Å². The highest BCUT2D eigenvalue weighted by Crippen LogP contribution is 2.27. The zero-order chi connectivity index (χ0) is 26.9. The number of rotatable bonds is 8. The first-order valence-corrected chi connectivity index (χ1v) is 11.0. The number of methoxy groups -OCH3 is 2. The fourth-order valence-electron chi connectivity index (χ4n) is 3.17. The summed E-state index contributed by atoms with van der Waals surface area (Å²) in [6.45, 7) is 2.06. The van der Waals surface area contributed by atoms with Gasteiger partial charge >= 0.3 is 12.2 Å². The highest BCUT2D eigenvalue weighted by molar-refractivity contribution is 6.12. The molecule has 0 fully saturated rings. The Hall–Kier alpha value is -4.80. The van der Waals surface area contributed by atoms with Gasteiger partial charge in [-0.25, -0.2) is 9.59 Å². The summed E-state index contributed by atoms with van der Waals surface area (Å²) >= 11 is 0. The summed E-state index contributed by atoms with van der Waals surface area (Å²) in [4.78, 5) is 51.0. The minimum atomic E-state index is -0.999. The van der Waals surface area contributed by atoms with Gasteiger partial charge in [0.25, 0.3) is 0 Å². The van der Waals surface area contributed by atoms with Gasteiger partial charge in [0.1, 0.15) is 24.7 Å². The molecule has 0 unspecified atom stereocenters. The van der Waals surface area contributed by atoms with E-state index < -0.39 is 24.0 Å². The molecular weight excluding hydrogens is 484 g/mol. The van der Waals surface area contributed by atoms with Crippen molar-refractivity contribution in [1.82, 2.24) is 0 Å². The zero-order valence-electron chi connectivity index (χ0n) is 20.8. The van der Waals surface area contributed by atoms with Crippen LogP contribution in [0.15, 0.2) is 65.1 Å². The molecule has 0 aliphatic heterocycles. The summed E-state index contributed by atoms with van der Waals surface area (Å²) in [5.41, 5.74) is 1.33. The number of carbonyl (C=O) groups excluding carboxylic acids is 4. The Kier molecular flexibility index (Phi) is 8.87. The lowest BCUT2D eigenvalue weighted by molar-refractivity contribution is -0.117. The van der Waals surface area contributed by atoms with Crippen molar-refractivity contribution in [3.05, 3.63) is 71.8 Å². The quantitative estimate of drug-likeness (QED) is 0.425. The van der Waals surface area contributed by atoms with Crippen LogP contribution in [0.5, 0.6) is 11.5 Å². The molecule has 2 aromatic carbocycles. The average Bonchev–Trinajstić information content (AvgIpc) is 3.35. The van der Waals surface area contributed by atoms with E-state index >= 15 is 0 Å². The monoisotopic (exact) mass is 510 g/mol. The van der Waals surface area contributed by atoms with Gasteiger partial charge in [-0.1, -0.05) is 24.3 Å². The normalized spacial score (nSPS) is 10.3. The SMILES string of the molecule is COc1ccc(COC(=O)N(C(C)=O)c2ccc(N(C(C)=O)C(=O)OCc3ccc(OC)cc3)o2)cc1. The van der Waals surface area contributed by atoms with Crippen LogP contribution in [0, 0.1) is 0 Å². The van der Waals surface area contributed by atoms with Crippen LogP contribution in [-0.4, -0.2) is 38.2 Å². The van der Waals surface area contributed by atoms with Crippen LogP contribution in [0.2, 0.25) is 0 Å². The van der Waals surface area contributed by atoms with Crippen molar-refractivity contribution in [2.45, 2.75) is 27.1 Å². The van der Waals surface area contributed by atoms with Gasteiger partial charge in [0, 0.05) is 26.0 Å². The summed E-state index contributed by atoms with van der Waals surface area (Å²) < 4.78 is 26.1. The molecule has 194 valence electrons. The van der Waals surface area contributed by atoms with Crippen molar-refractivity contribution in [1.29, 1.82) is 0 Å². The van der Waals surface area contributed by atoms with E-state index in [1.807, 2.05) is 0 Å². The van der Waals surface area contributed by atoms with Crippen LogP contribution < -0.4 is 19.3 Å². The fraction of sp³-hybridized carbons (Fsp3) is 0.231. The number of hydrogen-bond donors (Lipinski definition) is 0. The maximum absolute atomic E-state index is 12.7. The number of anilines is 2. The molecule has 11 nitrogen and oxygen atoms in total. The Morgan fingerprint density at radius 3 is 1.27 bits per heavy atom. The second-order valence-electron chi connectivity index (χ2n) is 7.63. The van der Waals surface area contributed by atoms with Crippen LogP contribution in [0.25, 0.3) is 0 Å². The Balaban J connectivity index is 1.69. The van der Waals surface area contributed by atoms with E-state index in [9.17, 15) is 19.2 Å². The molecule has 1 heterocycles. The molecule has 0 saturated carbocycles. The number of benzene rings is 2. The van der Waals surface area contributed by atoms with Gasteiger partial charge in [0.05, 0.1) is 14.2 Å². The first kappa shape index (κ1) is 26.8. The summed E-state index contributed by atoms with van der Waals surface area (Å²) in [6.07, 6.45) is -2.00. The molecular formula is C26H26N2O9. The molecule has 3 rings (SSSR count). The Morgan fingerprint density at radius 1 is 0.622 bits per heavy atom. The van der Waals surface area contributed by atoms with Crippen molar-refractivity contribution in [2.24, 2.45) is 0 Å². The van der Waals surface area contributed by atoms with E-state index in [0.29, 0.717) is 32.4 Å². The first-order valence-electron chi connectivity index (χ1n) is 11.0. The number of hydrogen-bond acceptors (Lipinski definition) is 9. The second kappa shape index (κ2) is 12.2. The van der Waals surface area contributed by atoms with Gasteiger partial charge in [-0.05, 0) is 35.4 Å². The van der Waals surface area contributed by atoms with Crippen LogP contribution in [0.4, 0.5) is 21.4 Å². The van der Waals surface area contributed by atoms with E-state index in [1.54, 1.807) is 48.5 Å². The molecule has 3 aromatic rings. The minimum Gasteiger partial charge on any atom is -0.497 e. The largest absolute Gasteiger partial charge is 0.497 e. The Labute approximate surface area is 213 Å². The maximum Gasteiger partial charge on any atom is 0.424 e. The number of amides is 4. The lowest BCUT2D eigenvalue weighted by Crippen LogP contribution is -2.36. The third-order valence-corrected chi connectivity index (χ3v) is 5.06. The van der Waals surface area contributed by atoms with Gasteiger partial charge in [0.15, 0.2) is 0 Å². The molecule has 0 atom stereocenters. The second-order valence-corrected chi connectivity index (χ2v) is 7.63. The fourth-order valence-corrected chi connectivity index (χ4v) is 3.17. The number of nitrogens with zero attached hydrogens (tertiary/aromatic N) is 2. The standard InChI is InChI=1S/C26H26N2O9/c1-17(29)27(25(31)35-15-19-5-9-21(33-3)10-6-19)23-13-14-24(37-23)28(18(2)30)26(32)36-16-20-7-11-22(34-4)12-8-20/h5-14H,15-16H2,1-4H3. The zero-order valence-corrected chi connectivity index (χ0v) is 20.8. The first-order chi connectivity index (χ1) is 17.7. The van der Waals surface area contributed by atoms with Crippen LogP contribution in [-0.2, 0) is 32.3 Å².